The van der Waals surface area contributed by atoms with Crippen LogP contribution in [0, 0.1) is 5.92 Å². The fraction of sp³-hybridized carbons (Fsp3) is 0.729. The first-order valence-electron chi connectivity index (χ1n) is 32.0. The van der Waals surface area contributed by atoms with Gasteiger partial charge in [0.2, 0.25) is 41.4 Å². The second-order valence-corrected chi connectivity index (χ2v) is 23.9. The number of unbranched alkanes of at least 4 members (excludes halogenated alkanes) is 12. The van der Waals surface area contributed by atoms with Crippen LogP contribution in [0.15, 0.2) is 0 Å². The molecule has 0 aromatic carbocycles. The molecule has 8 atom stereocenters. The van der Waals surface area contributed by atoms with E-state index in [-0.39, 0.29) is 70.0 Å². The number of carboxylic acids is 3. The molecule has 3 heterocycles. The van der Waals surface area contributed by atoms with Gasteiger partial charge in [0.05, 0.1) is 13.0 Å². The van der Waals surface area contributed by atoms with Crippen LogP contribution >= 0.6 is 0 Å². The normalized spacial score (nSPS) is 23.1. The number of aliphatic carboxylic acids is 3. The van der Waals surface area contributed by atoms with Crippen LogP contribution in [0.1, 0.15) is 195 Å². The fourth-order valence-corrected chi connectivity index (χ4v) is 11.0. The molecule has 0 aliphatic carbocycles. The number of nitrogens with zero attached hydrogens (tertiary/aromatic N) is 3. The number of rotatable bonds is 30. The highest BCUT2D eigenvalue weighted by Gasteiger charge is 2.44. The molecule has 0 aromatic heterocycles. The molecule has 15 N–H and O–H groups in total. The summed E-state index contributed by atoms with van der Waals surface area (Å²) in [7, 11) is 0. The van der Waals surface area contributed by atoms with Crippen molar-refractivity contribution < 1.29 is 92.0 Å². The summed E-state index contributed by atoms with van der Waals surface area (Å²) in [6.45, 7) is 5.91. The third-order valence-corrected chi connectivity index (χ3v) is 15.7. The summed E-state index contributed by atoms with van der Waals surface area (Å²) in [5, 5.41) is 46.9. The number of hydrogen-bond donors (Lipinski definition) is 14. The Balaban J connectivity index is 2.06. The highest BCUT2D eigenvalue weighted by Crippen LogP contribution is 2.23. The number of nitrogens with two attached hydrogens (primary N) is 1. The molecular formula is C59H96N14O19. The minimum absolute atomic E-state index is 0.0874. The van der Waals surface area contributed by atoms with Crippen LogP contribution < -0.4 is 59.1 Å². The van der Waals surface area contributed by atoms with E-state index in [1.165, 1.54) is 44.9 Å². The molecule has 3 fully saturated rings. The Labute approximate surface area is 534 Å². The van der Waals surface area contributed by atoms with Gasteiger partial charge < -0.3 is 67.7 Å². The van der Waals surface area contributed by atoms with Gasteiger partial charge in [-0.2, -0.15) is 0 Å². The predicted molar refractivity (Wildman–Crippen MR) is 326 cm³/mol. The van der Waals surface area contributed by atoms with E-state index in [4.69, 9.17) is 5.73 Å². The Bertz CT molecular complexity index is 2610. The summed E-state index contributed by atoms with van der Waals surface area (Å²) < 4.78 is 0. The molecule has 0 radical (unpaired) electrons. The minimum atomic E-state index is -2.00. The maximum Gasteiger partial charge on any atom is 0.334 e. The van der Waals surface area contributed by atoms with Gasteiger partial charge in [0.15, 0.2) is 0 Å². The molecule has 33 nitrogen and oxygen atoms in total. The van der Waals surface area contributed by atoms with Crippen molar-refractivity contribution >= 4 is 95.1 Å². The number of carbonyl (C=O) groups excluding carboxylic acids is 13. The molecule has 92 heavy (non-hydrogen) atoms. The van der Waals surface area contributed by atoms with Gasteiger partial charge in [-0.25, -0.2) is 19.8 Å². The zero-order valence-electron chi connectivity index (χ0n) is 53.2. The van der Waals surface area contributed by atoms with E-state index in [9.17, 15) is 92.0 Å². The molecule has 516 valence electrons. The third-order valence-electron chi connectivity index (χ3n) is 15.7. The molecule has 0 aromatic rings. The second-order valence-electron chi connectivity index (χ2n) is 23.9. The zero-order valence-corrected chi connectivity index (χ0v) is 53.2. The van der Waals surface area contributed by atoms with Gasteiger partial charge in [0, 0.05) is 51.4 Å². The van der Waals surface area contributed by atoms with Gasteiger partial charge in [-0.1, -0.05) is 105 Å². The van der Waals surface area contributed by atoms with Crippen LogP contribution in [0.25, 0.3) is 0 Å². The zero-order chi connectivity index (χ0) is 68.5. The van der Waals surface area contributed by atoms with Crippen LogP contribution in [0.3, 0.4) is 0 Å². The average molecular weight is 1310 g/mol. The van der Waals surface area contributed by atoms with Crippen LogP contribution in [0.2, 0.25) is 0 Å². The van der Waals surface area contributed by atoms with Gasteiger partial charge >= 0.3 is 36.0 Å². The molecule has 3 aliphatic rings. The average Bonchev–Trinajstić information content (AvgIpc) is 1.65. The molecule has 0 saturated carbocycles. The SMILES string of the molecule is CCCCCCCCCCCCCCCC(=O)N[C@H]1C[C@H]2C(=O)N[C@@H](CCC(N)=O)C(=O)NC(=O)N[C@@H](CC(=O)O)C(=O)N3CCC[C@H]3C(=O)N[C@H](CCC(=O)O)C(=O)NNC(=O)N[C@@H](CCC(=O)O)C(=O)NC(=O)N[C@H](CC(C)C)C(=O)N(CCC)CC(=O)N2C1. The monoisotopic (exact) mass is 1300 g/mol. The van der Waals surface area contributed by atoms with Crippen molar-refractivity contribution in [3.05, 3.63) is 0 Å². The molecule has 0 bridgehead atoms. The number of carboxylic acid groups (broad SMARTS) is 3. The lowest BCUT2D eigenvalue weighted by Crippen LogP contribution is -2.60. The Kier molecular flexibility index (Phi) is 34.5. The quantitative estimate of drug-likeness (QED) is 0.0432. The minimum Gasteiger partial charge on any atom is -0.481 e. The summed E-state index contributed by atoms with van der Waals surface area (Å²) in [6.07, 6.45) is 9.09. The van der Waals surface area contributed by atoms with Crippen molar-refractivity contribution in [1.82, 2.24) is 68.1 Å². The molecular weight excluding hydrogens is 1210 g/mol. The molecule has 3 saturated heterocycles. The Hall–Kier alpha value is -8.68. The number of primary amides is 1. The summed E-state index contributed by atoms with van der Waals surface area (Å²) in [5.74, 6) is -15.0. The maximum absolute atomic E-state index is 14.7. The number of hydrogen-bond acceptors (Lipinski definition) is 16. The Morgan fingerprint density at radius 3 is 1.55 bits per heavy atom. The summed E-state index contributed by atoms with van der Waals surface area (Å²) >= 11 is 0. The van der Waals surface area contributed by atoms with E-state index in [1.807, 2.05) is 21.5 Å². The van der Waals surface area contributed by atoms with E-state index in [1.54, 1.807) is 20.8 Å². The molecule has 3 rings (SSSR count). The van der Waals surface area contributed by atoms with Crippen molar-refractivity contribution in [3.8, 4) is 0 Å². The number of fused-ring (bicyclic) bond motifs is 2. The summed E-state index contributed by atoms with van der Waals surface area (Å²) in [4.78, 5) is 217. The summed E-state index contributed by atoms with van der Waals surface area (Å²) in [6, 6.07) is -16.9. The van der Waals surface area contributed by atoms with Crippen molar-refractivity contribution in [2.45, 2.75) is 243 Å². The first kappa shape index (κ1) is 77.6. The fourth-order valence-electron chi connectivity index (χ4n) is 11.0. The Morgan fingerprint density at radius 2 is 1.03 bits per heavy atom. The van der Waals surface area contributed by atoms with Crippen molar-refractivity contribution in [2.24, 2.45) is 11.7 Å². The van der Waals surface area contributed by atoms with Crippen LogP contribution in [0.5, 0.6) is 0 Å². The van der Waals surface area contributed by atoms with Gasteiger partial charge in [0.1, 0.15) is 42.3 Å². The third kappa shape index (κ3) is 28.6. The molecule has 0 unspecified atom stereocenters. The van der Waals surface area contributed by atoms with Crippen molar-refractivity contribution in [3.63, 3.8) is 0 Å². The van der Waals surface area contributed by atoms with Gasteiger partial charge in [-0.15, -0.1) is 0 Å². The van der Waals surface area contributed by atoms with E-state index in [2.05, 4.69) is 38.8 Å². The van der Waals surface area contributed by atoms with Gasteiger partial charge in [-0.05, 0) is 63.7 Å². The van der Waals surface area contributed by atoms with Crippen molar-refractivity contribution in [1.29, 1.82) is 0 Å². The Morgan fingerprint density at radius 1 is 0.533 bits per heavy atom. The van der Waals surface area contributed by atoms with Crippen LogP contribution in [0.4, 0.5) is 14.4 Å². The number of imide groups is 2. The van der Waals surface area contributed by atoms with Crippen LogP contribution in [-0.4, -0.2) is 200 Å². The topological polar surface area (TPSA) is 490 Å². The maximum atomic E-state index is 14.7. The number of carbonyl (C=O) groups is 16. The summed E-state index contributed by atoms with van der Waals surface area (Å²) in [5.41, 5.74) is 9.26. The first-order valence-corrected chi connectivity index (χ1v) is 32.0. The second kappa shape index (κ2) is 40.9. The number of nitrogens with one attached hydrogen (secondary N) is 10. The van der Waals surface area contributed by atoms with E-state index < -0.39 is 189 Å². The molecule has 16 amide bonds. The van der Waals surface area contributed by atoms with Crippen LogP contribution in [-0.2, 0) is 62.3 Å². The lowest BCUT2D eigenvalue weighted by Gasteiger charge is -2.31. The predicted octanol–water partition coefficient (Wildman–Crippen LogP) is 0.370. The van der Waals surface area contributed by atoms with Gasteiger partial charge in [0.25, 0.3) is 17.7 Å². The number of amides is 16. The molecule has 33 heteroatoms. The lowest BCUT2D eigenvalue weighted by atomic mass is 10.0. The standard InChI is InChI=1S/C59H96N14O19/c1-5-7-8-9-10-11-12-13-14-15-16-17-18-21-45(75)61-36-31-43-54(87)62-37(22-25-44(60)74)50(83)67-58(91)66-41(32-49(81)82)56(89)72-29-19-20-42(72)53(86)63-39(24-27-48(79)80)52(85)69-70-59(92)64-38(23-26-47(77)78)51(84)68-57(90)65-40(30-35(3)4)55(88)71(28-6-2)34-46(76)73(43)33-36/h35-43H,5-34H2,1-4H3,(H2,60,74)(H,61,75)(H,62,87)(H,63,86)(H,69,85)(H,77,78)(H,79,80)(H,81,82)(H2,64,70,92)(H2,65,68,84,90)(H2,66,67,83,91)/t36-,37-,38-,39+,40+,41-,42-,43-/m0/s1. The lowest BCUT2D eigenvalue weighted by molar-refractivity contribution is -0.145. The van der Waals surface area contributed by atoms with Gasteiger partial charge in [-0.3, -0.25) is 78.4 Å². The number of hydrazine groups is 1. The first-order chi connectivity index (χ1) is 43.6. The van der Waals surface area contributed by atoms with E-state index in [0.29, 0.717) is 6.42 Å². The highest BCUT2D eigenvalue weighted by atomic mass is 16.4. The van der Waals surface area contributed by atoms with Crippen molar-refractivity contribution in [2.75, 3.05) is 26.2 Å². The smallest absolute Gasteiger partial charge is 0.334 e. The molecule has 3 aliphatic heterocycles. The van der Waals surface area contributed by atoms with E-state index in [0.717, 1.165) is 46.8 Å². The highest BCUT2D eigenvalue weighted by molar-refractivity contribution is 6.03. The largest absolute Gasteiger partial charge is 0.481 e. The molecule has 0 spiro atoms. The van der Waals surface area contributed by atoms with E-state index >= 15 is 0 Å². The number of urea groups is 3.